The van der Waals surface area contributed by atoms with E-state index in [1.54, 1.807) is 0 Å². The molecule has 0 aliphatic carbocycles. The van der Waals surface area contributed by atoms with Crippen LogP contribution >= 0.6 is 0 Å². The van der Waals surface area contributed by atoms with E-state index in [2.05, 4.69) is 0 Å². The van der Waals surface area contributed by atoms with Crippen LogP contribution in [0.1, 0.15) is 31.2 Å². The van der Waals surface area contributed by atoms with Crippen LogP contribution in [-0.4, -0.2) is 17.5 Å². The second-order valence-corrected chi connectivity index (χ2v) is 3.74. The monoisotopic (exact) mass is 206 g/mol. The molecular formula is C13H18O2. The van der Waals surface area contributed by atoms with E-state index in [4.69, 9.17) is 5.11 Å². The summed E-state index contributed by atoms with van der Waals surface area (Å²) in [6.07, 6.45) is 3.82. The summed E-state index contributed by atoms with van der Waals surface area (Å²) in [7, 11) is 0. The highest BCUT2D eigenvalue weighted by Gasteiger charge is 2.02. The summed E-state index contributed by atoms with van der Waals surface area (Å²) in [6.45, 7) is 0.229. The Hall–Kier alpha value is -1.15. The smallest absolute Gasteiger partial charge is 0.137 e. The van der Waals surface area contributed by atoms with Crippen LogP contribution in [0, 0.1) is 0 Å². The first kappa shape index (κ1) is 11.9. The average Bonchev–Trinajstić information content (AvgIpc) is 2.26. The topological polar surface area (TPSA) is 37.3 Å². The number of aliphatic hydroxyl groups is 1. The lowest BCUT2D eigenvalue weighted by Crippen LogP contribution is -2.02. The number of hydrogen-bond acceptors (Lipinski definition) is 2. The lowest BCUT2D eigenvalue weighted by Gasteiger charge is -2.00. The second-order valence-electron chi connectivity index (χ2n) is 3.74. The average molecular weight is 206 g/mol. The summed E-state index contributed by atoms with van der Waals surface area (Å²) in [5, 5.41) is 8.58. The third-order valence-electron chi connectivity index (χ3n) is 2.36. The van der Waals surface area contributed by atoms with E-state index in [1.165, 1.54) is 0 Å². The molecule has 0 amide bonds. The fourth-order valence-electron chi connectivity index (χ4n) is 1.52. The van der Waals surface area contributed by atoms with Gasteiger partial charge in [0.05, 0.1) is 0 Å². The zero-order chi connectivity index (χ0) is 10.9. The molecule has 0 unspecified atom stereocenters. The number of unbranched alkanes of at least 4 members (excludes halogenated alkanes) is 2. The summed E-state index contributed by atoms with van der Waals surface area (Å²) in [5.41, 5.74) is 1.09. The number of aliphatic hydroxyl groups excluding tert-OH is 1. The molecule has 1 aromatic rings. The SMILES string of the molecule is O=C(CCCCCO)Cc1ccccc1. The van der Waals surface area contributed by atoms with E-state index in [-0.39, 0.29) is 6.61 Å². The zero-order valence-corrected chi connectivity index (χ0v) is 8.98. The predicted octanol–water partition coefficient (Wildman–Crippen LogP) is 2.35. The van der Waals surface area contributed by atoms with Crippen LogP contribution in [0.25, 0.3) is 0 Å². The van der Waals surface area contributed by atoms with Gasteiger partial charge in [-0.15, -0.1) is 0 Å². The van der Waals surface area contributed by atoms with Crippen molar-refractivity contribution in [2.24, 2.45) is 0 Å². The van der Waals surface area contributed by atoms with Crippen molar-refractivity contribution in [2.75, 3.05) is 6.61 Å². The van der Waals surface area contributed by atoms with Crippen LogP contribution in [0.5, 0.6) is 0 Å². The van der Waals surface area contributed by atoms with Crippen LogP contribution in [0.15, 0.2) is 30.3 Å². The molecule has 0 atom stereocenters. The summed E-state index contributed by atoms with van der Waals surface area (Å²) >= 11 is 0. The Morgan fingerprint density at radius 1 is 1.07 bits per heavy atom. The molecule has 0 fully saturated rings. The van der Waals surface area contributed by atoms with Gasteiger partial charge < -0.3 is 5.11 Å². The van der Waals surface area contributed by atoms with Crippen LogP contribution in [-0.2, 0) is 11.2 Å². The van der Waals surface area contributed by atoms with Crippen LogP contribution in [0.3, 0.4) is 0 Å². The molecule has 1 N–H and O–H groups in total. The van der Waals surface area contributed by atoms with Gasteiger partial charge in [0.2, 0.25) is 0 Å². The molecule has 0 aliphatic heterocycles. The van der Waals surface area contributed by atoms with Gasteiger partial charge in [0.25, 0.3) is 0 Å². The number of carbonyl (C=O) groups is 1. The number of carbonyl (C=O) groups excluding carboxylic acids is 1. The largest absolute Gasteiger partial charge is 0.396 e. The van der Waals surface area contributed by atoms with E-state index >= 15 is 0 Å². The highest BCUT2D eigenvalue weighted by Crippen LogP contribution is 2.05. The molecule has 0 saturated heterocycles. The van der Waals surface area contributed by atoms with Gasteiger partial charge in [-0.2, -0.15) is 0 Å². The quantitative estimate of drug-likeness (QED) is 0.695. The van der Waals surface area contributed by atoms with Gasteiger partial charge in [0.1, 0.15) is 5.78 Å². The number of ketones is 1. The molecule has 1 aromatic carbocycles. The van der Waals surface area contributed by atoms with Crippen molar-refractivity contribution in [1.29, 1.82) is 0 Å². The van der Waals surface area contributed by atoms with Gasteiger partial charge >= 0.3 is 0 Å². The highest BCUT2D eigenvalue weighted by atomic mass is 16.2. The Balaban J connectivity index is 2.19. The molecule has 15 heavy (non-hydrogen) atoms. The first-order valence-electron chi connectivity index (χ1n) is 5.49. The maximum atomic E-state index is 11.5. The lowest BCUT2D eigenvalue weighted by atomic mass is 10.0. The molecule has 0 saturated carbocycles. The van der Waals surface area contributed by atoms with Crippen molar-refractivity contribution in [1.82, 2.24) is 0 Å². The van der Waals surface area contributed by atoms with Crippen molar-refractivity contribution in [3.8, 4) is 0 Å². The molecule has 1 rings (SSSR count). The second kappa shape index (κ2) is 7.18. The van der Waals surface area contributed by atoms with E-state index in [0.29, 0.717) is 18.6 Å². The van der Waals surface area contributed by atoms with E-state index in [0.717, 1.165) is 24.8 Å². The minimum atomic E-state index is 0.229. The minimum absolute atomic E-state index is 0.229. The maximum absolute atomic E-state index is 11.5. The van der Waals surface area contributed by atoms with E-state index in [9.17, 15) is 4.79 Å². The molecule has 2 heteroatoms. The van der Waals surface area contributed by atoms with Crippen LogP contribution < -0.4 is 0 Å². The van der Waals surface area contributed by atoms with Crippen molar-refractivity contribution < 1.29 is 9.90 Å². The Labute approximate surface area is 90.9 Å². The molecule has 0 aliphatic rings. The third-order valence-corrected chi connectivity index (χ3v) is 2.36. The summed E-state index contributed by atoms with van der Waals surface area (Å²) < 4.78 is 0. The van der Waals surface area contributed by atoms with Crippen molar-refractivity contribution in [3.63, 3.8) is 0 Å². The molecular weight excluding hydrogens is 188 g/mol. The lowest BCUT2D eigenvalue weighted by molar-refractivity contribution is -0.118. The number of rotatable bonds is 7. The summed E-state index contributed by atoms with van der Waals surface area (Å²) in [5.74, 6) is 0.291. The number of hydrogen-bond donors (Lipinski definition) is 1. The van der Waals surface area contributed by atoms with Crippen LogP contribution in [0.4, 0.5) is 0 Å². The molecule has 0 heterocycles. The van der Waals surface area contributed by atoms with E-state index < -0.39 is 0 Å². The van der Waals surface area contributed by atoms with Gasteiger partial charge in [-0.3, -0.25) is 4.79 Å². The predicted molar refractivity (Wildman–Crippen MR) is 60.7 cm³/mol. The number of Topliss-reactive ketones (excluding diaryl/α,β-unsaturated/α-hetero) is 1. The first-order chi connectivity index (χ1) is 7.33. The molecule has 0 aromatic heterocycles. The first-order valence-corrected chi connectivity index (χ1v) is 5.49. The summed E-state index contributed by atoms with van der Waals surface area (Å²) in [6, 6.07) is 9.81. The summed E-state index contributed by atoms with van der Waals surface area (Å²) in [4.78, 5) is 11.5. The minimum Gasteiger partial charge on any atom is -0.396 e. The third kappa shape index (κ3) is 5.33. The molecule has 0 spiro atoms. The number of benzene rings is 1. The van der Waals surface area contributed by atoms with Gasteiger partial charge in [-0.1, -0.05) is 36.8 Å². The molecule has 0 bridgehead atoms. The molecule has 2 nitrogen and oxygen atoms in total. The Bertz CT molecular complexity index is 280. The Morgan fingerprint density at radius 2 is 1.80 bits per heavy atom. The van der Waals surface area contributed by atoms with Crippen molar-refractivity contribution in [3.05, 3.63) is 35.9 Å². The molecule has 0 radical (unpaired) electrons. The van der Waals surface area contributed by atoms with Crippen molar-refractivity contribution in [2.45, 2.75) is 32.1 Å². The van der Waals surface area contributed by atoms with Crippen LogP contribution in [0.2, 0.25) is 0 Å². The van der Waals surface area contributed by atoms with Gasteiger partial charge in [0.15, 0.2) is 0 Å². The van der Waals surface area contributed by atoms with Gasteiger partial charge in [-0.25, -0.2) is 0 Å². The van der Waals surface area contributed by atoms with E-state index in [1.807, 2.05) is 30.3 Å². The fraction of sp³-hybridized carbons (Fsp3) is 0.462. The fourth-order valence-corrected chi connectivity index (χ4v) is 1.52. The van der Waals surface area contributed by atoms with Crippen molar-refractivity contribution >= 4 is 5.78 Å². The van der Waals surface area contributed by atoms with Gasteiger partial charge in [0, 0.05) is 19.4 Å². The Kier molecular flexibility index (Phi) is 5.71. The molecule has 82 valence electrons. The maximum Gasteiger partial charge on any atom is 0.137 e. The zero-order valence-electron chi connectivity index (χ0n) is 8.98. The highest BCUT2D eigenvalue weighted by molar-refractivity contribution is 5.80. The standard InChI is InChI=1S/C13H18O2/c14-10-6-2-5-9-13(15)11-12-7-3-1-4-8-12/h1,3-4,7-8,14H,2,5-6,9-11H2. The van der Waals surface area contributed by atoms with Gasteiger partial charge in [-0.05, 0) is 18.4 Å². The Morgan fingerprint density at radius 3 is 2.47 bits per heavy atom. The normalized spacial score (nSPS) is 10.2.